The predicted molar refractivity (Wildman–Crippen MR) is 107 cm³/mol. The summed E-state index contributed by atoms with van der Waals surface area (Å²) in [5.41, 5.74) is 1.84. The van der Waals surface area contributed by atoms with Gasteiger partial charge in [0, 0.05) is 31.2 Å². The molecule has 2 fully saturated rings. The summed E-state index contributed by atoms with van der Waals surface area (Å²) in [7, 11) is 0. The summed E-state index contributed by atoms with van der Waals surface area (Å²) in [6.45, 7) is 4.45. The highest BCUT2D eigenvalue weighted by Crippen LogP contribution is 2.30. The van der Waals surface area contributed by atoms with Crippen LogP contribution in [0.5, 0.6) is 0 Å². The Morgan fingerprint density at radius 1 is 1.26 bits per heavy atom. The van der Waals surface area contributed by atoms with Crippen LogP contribution in [-0.4, -0.2) is 47.7 Å². The molecule has 1 heterocycles. The number of nitro groups is 1. The first-order valence-electron chi connectivity index (χ1n) is 9.87. The molecule has 146 valence electrons. The Balaban J connectivity index is 1.48. The van der Waals surface area contributed by atoms with Crippen molar-refractivity contribution < 1.29 is 9.66 Å². The lowest BCUT2D eigenvalue weighted by Gasteiger charge is -2.41. The van der Waals surface area contributed by atoms with Gasteiger partial charge in [-0.1, -0.05) is 12.0 Å². The Hall–Kier alpha value is -2.10. The Morgan fingerprint density at radius 2 is 1.96 bits per heavy atom. The fourth-order valence-corrected chi connectivity index (χ4v) is 4.30. The van der Waals surface area contributed by atoms with Gasteiger partial charge in [0.15, 0.2) is 0 Å². The van der Waals surface area contributed by atoms with Gasteiger partial charge in [-0.05, 0) is 57.1 Å². The second-order valence-corrected chi connectivity index (χ2v) is 7.68. The van der Waals surface area contributed by atoms with Gasteiger partial charge in [0.2, 0.25) is 0 Å². The fraction of sp³-hybridized carbons (Fsp3) is 0.619. The van der Waals surface area contributed by atoms with Crippen molar-refractivity contribution in [3.05, 3.63) is 33.9 Å². The summed E-state index contributed by atoms with van der Waals surface area (Å²) in [6, 6.07) is 6.17. The quantitative estimate of drug-likeness (QED) is 0.469. The van der Waals surface area contributed by atoms with Gasteiger partial charge in [-0.25, -0.2) is 0 Å². The topological polar surface area (TPSA) is 67.6 Å². The summed E-state index contributed by atoms with van der Waals surface area (Å²) >= 11 is 0. The highest BCUT2D eigenvalue weighted by atomic mass is 16.6. The Bertz CT molecular complexity index is 684. The number of aryl methyl sites for hydroxylation is 1. The van der Waals surface area contributed by atoms with E-state index in [9.17, 15) is 10.1 Å². The first-order valence-corrected chi connectivity index (χ1v) is 9.87. The second kappa shape index (κ2) is 9.20. The van der Waals surface area contributed by atoms with Crippen LogP contribution in [0.3, 0.4) is 0 Å². The maximum Gasteiger partial charge on any atom is 0.292 e. The number of rotatable bonds is 6. The SMILES string of the molecule is C#CCO[C@H]1CC[C@H](N2CCC(Nc3cc(C)ccc3[N+](=O)[O-])CC2)CC1. The molecule has 1 aromatic carbocycles. The zero-order valence-corrected chi connectivity index (χ0v) is 16.0. The van der Waals surface area contributed by atoms with Gasteiger partial charge in [0.25, 0.3) is 5.69 Å². The normalized spacial score (nSPS) is 24.3. The molecule has 6 nitrogen and oxygen atoms in total. The monoisotopic (exact) mass is 371 g/mol. The van der Waals surface area contributed by atoms with Crippen LogP contribution < -0.4 is 5.32 Å². The van der Waals surface area contributed by atoms with Crippen molar-refractivity contribution >= 4 is 11.4 Å². The van der Waals surface area contributed by atoms with Gasteiger partial charge < -0.3 is 15.0 Å². The maximum absolute atomic E-state index is 11.3. The maximum atomic E-state index is 11.3. The number of ether oxygens (including phenoxy) is 1. The lowest BCUT2D eigenvalue weighted by molar-refractivity contribution is -0.384. The highest BCUT2D eigenvalue weighted by Gasteiger charge is 2.29. The molecule has 0 radical (unpaired) electrons. The number of piperidine rings is 1. The van der Waals surface area contributed by atoms with Crippen LogP contribution in [0.1, 0.15) is 44.1 Å². The van der Waals surface area contributed by atoms with Crippen molar-refractivity contribution in [2.45, 2.75) is 63.6 Å². The lowest BCUT2D eigenvalue weighted by atomic mass is 9.90. The first-order chi connectivity index (χ1) is 13.1. The number of hydrogen-bond acceptors (Lipinski definition) is 5. The average molecular weight is 371 g/mol. The zero-order valence-electron chi connectivity index (χ0n) is 16.0. The van der Waals surface area contributed by atoms with Crippen LogP contribution in [-0.2, 0) is 4.74 Å². The van der Waals surface area contributed by atoms with E-state index >= 15 is 0 Å². The number of benzene rings is 1. The molecule has 6 heteroatoms. The number of nitro benzene ring substituents is 1. The molecule has 1 aliphatic heterocycles. The number of likely N-dealkylation sites (tertiary alicyclic amines) is 1. The fourth-order valence-electron chi connectivity index (χ4n) is 4.30. The largest absolute Gasteiger partial charge is 0.377 e. The van der Waals surface area contributed by atoms with Crippen molar-refractivity contribution in [1.29, 1.82) is 0 Å². The van der Waals surface area contributed by atoms with E-state index in [0.717, 1.165) is 57.2 Å². The molecule has 1 saturated heterocycles. The van der Waals surface area contributed by atoms with Crippen molar-refractivity contribution in [2.75, 3.05) is 25.0 Å². The molecule has 0 amide bonds. The molecule has 0 spiro atoms. The summed E-state index contributed by atoms with van der Waals surface area (Å²) in [5.74, 6) is 2.55. The molecular weight excluding hydrogens is 342 g/mol. The van der Waals surface area contributed by atoms with E-state index in [1.54, 1.807) is 12.1 Å². The number of nitrogens with zero attached hydrogens (tertiary/aromatic N) is 2. The van der Waals surface area contributed by atoms with E-state index in [1.807, 2.05) is 13.0 Å². The summed E-state index contributed by atoms with van der Waals surface area (Å²) in [6.07, 6.45) is 12.1. The van der Waals surface area contributed by atoms with Crippen LogP contribution in [0.4, 0.5) is 11.4 Å². The first kappa shape index (κ1) is 19.7. The van der Waals surface area contributed by atoms with Crippen molar-refractivity contribution in [3.63, 3.8) is 0 Å². The molecule has 0 aromatic heterocycles. The molecule has 1 N–H and O–H groups in total. The third-order valence-electron chi connectivity index (χ3n) is 5.80. The molecular formula is C21H29N3O3. The number of nitrogens with one attached hydrogen (secondary N) is 1. The Labute approximate surface area is 161 Å². The zero-order chi connectivity index (χ0) is 19.2. The van der Waals surface area contributed by atoms with Crippen LogP contribution in [0, 0.1) is 29.4 Å². The molecule has 0 bridgehead atoms. The number of anilines is 1. The molecule has 1 saturated carbocycles. The van der Waals surface area contributed by atoms with Crippen molar-refractivity contribution in [2.24, 2.45) is 0 Å². The van der Waals surface area contributed by atoms with Crippen LogP contribution in [0.15, 0.2) is 18.2 Å². The number of hydrogen-bond donors (Lipinski definition) is 1. The molecule has 0 atom stereocenters. The minimum atomic E-state index is -0.308. The van der Waals surface area contributed by atoms with E-state index in [-0.39, 0.29) is 16.7 Å². The number of terminal acetylenes is 1. The third-order valence-corrected chi connectivity index (χ3v) is 5.80. The van der Waals surface area contributed by atoms with Gasteiger partial charge in [0.1, 0.15) is 12.3 Å². The van der Waals surface area contributed by atoms with E-state index < -0.39 is 0 Å². The molecule has 0 unspecified atom stereocenters. The van der Waals surface area contributed by atoms with E-state index in [0.29, 0.717) is 24.4 Å². The molecule has 2 aliphatic rings. The lowest BCUT2D eigenvalue weighted by Crippen LogP contribution is -2.46. The molecule has 1 aromatic rings. The van der Waals surface area contributed by atoms with Gasteiger partial charge >= 0.3 is 0 Å². The standard InChI is InChI=1S/C21H29N3O3/c1-3-14-27-19-7-5-18(6-8-19)23-12-10-17(11-13-23)22-20-15-16(2)4-9-21(20)24(25)26/h1,4,9,15,17-19,22H,5-8,10-14H2,2H3/t18-,19-. The molecule has 27 heavy (non-hydrogen) atoms. The third kappa shape index (κ3) is 5.21. The van der Waals surface area contributed by atoms with Crippen molar-refractivity contribution in [1.82, 2.24) is 4.90 Å². The highest BCUT2D eigenvalue weighted by molar-refractivity contribution is 5.63. The van der Waals surface area contributed by atoms with Gasteiger partial charge in [-0.3, -0.25) is 10.1 Å². The minimum Gasteiger partial charge on any atom is -0.377 e. The van der Waals surface area contributed by atoms with Gasteiger partial charge in [-0.2, -0.15) is 0 Å². The Morgan fingerprint density at radius 3 is 2.59 bits per heavy atom. The van der Waals surface area contributed by atoms with Gasteiger partial charge in [0.05, 0.1) is 11.0 Å². The minimum absolute atomic E-state index is 0.160. The van der Waals surface area contributed by atoms with Crippen LogP contribution in [0.2, 0.25) is 0 Å². The second-order valence-electron chi connectivity index (χ2n) is 7.68. The summed E-state index contributed by atoms with van der Waals surface area (Å²) < 4.78 is 5.67. The summed E-state index contributed by atoms with van der Waals surface area (Å²) in [4.78, 5) is 13.5. The van der Waals surface area contributed by atoms with E-state index in [4.69, 9.17) is 11.2 Å². The van der Waals surface area contributed by atoms with E-state index in [1.165, 1.54) is 0 Å². The molecule has 1 aliphatic carbocycles. The van der Waals surface area contributed by atoms with Gasteiger partial charge in [-0.15, -0.1) is 6.42 Å². The molecule has 3 rings (SSSR count). The van der Waals surface area contributed by atoms with Crippen LogP contribution >= 0.6 is 0 Å². The predicted octanol–water partition coefficient (Wildman–Crippen LogP) is 3.74. The summed E-state index contributed by atoms with van der Waals surface area (Å²) in [5, 5.41) is 14.7. The smallest absolute Gasteiger partial charge is 0.292 e. The van der Waals surface area contributed by atoms with E-state index in [2.05, 4.69) is 16.1 Å². The Kier molecular flexibility index (Phi) is 6.70. The van der Waals surface area contributed by atoms with Crippen molar-refractivity contribution in [3.8, 4) is 12.3 Å². The van der Waals surface area contributed by atoms with Crippen LogP contribution in [0.25, 0.3) is 0 Å². The average Bonchev–Trinajstić information content (AvgIpc) is 2.67.